The number of halogens is 2. The van der Waals surface area contributed by atoms with Gasteiger partial charge in [0.2, 0.25) is 0 Å². The standard InChI is InChI=1S/C21H14Cl2N2O/c22-15-7-5-14(6-8-15)13-25-19-4-2-1-3-18(19)20(21(25)26)24-17-11-9-16(23)10-12-17/h1-12H,13H2. The summed E-state index contributed by atoms with van der Waals surface area (Å²) >= 11 is 11.9. The summed E-state index contributed by atoms with van der Waals surface area (Å²) in [5, 5.41) is 1.31. The Balaban J connectivity index is 1.72. The highest BCUT2D eigenvalue weighted by Crippen LogP contribution is 2.32. The van der Waals surface area contributed by atoms with E-state index in [-0.39, 0.29) is 5.91 Å². The molecule has 0 fully saturated rings. The molecule has 0 atom stereocenters. The van der Waals surface area contributed by atoms with Crippen LogP contribution in [0.15, 0.2) is 77.8 Å². The lowest BCUT2D eigenvalue weighted by Crippen LogP contribution is -2.29. The molecule has 0 aliphatic carbocycles. The molecular weight excluding hydrogens is 367 g/mol. The maximum absolute atomic E-state index is 13.0. The zero-order chi connectivity index (χ0) is 18.1. The first-order valence-corrected chi connectivity index (χ1v) is 8.87. The molecule has 5 heteroatoms. The molecule has 1 aliphatic rings. The third-order valence-electron chi connectivity index (χ3n) is 4.22. The van der Waals surface area contributed by atoms with Gasteiger partial charge in [-0.2, -0.15) is 0 Å². The van der Waals surface area contributed by atoms with Crippen molar-refractivity contribution in [3.05, 3.63) is 94.0 Å². The minimum absolute atomic E-state index is 0.115. The third kappa shape index (κ3) is 3.24. The van der Waals surface area contributed by atoms with Crippen molar-refractivity contribution in [3.8, 4) is 0 Å². The number of hydrogen-bond acceptors (Lipinski definition) is 2. The molecule has 0 N–H and O–H groups in total. The van der Waals surface area contributed by atoms with Crippen LogP contribution in [0.1, 0.15) is 11.1 Å². The predicted octanol–water partition coefficient (Wildman–Crippen LogP) is 5.66. The van der Waals surface area contributed by atoms with Gasteiger partial charge in [0.1, 0.15) is 5.71 Å². The molecule has 0 spiro atoms. The summed E-state index contributed by atoms with van der Waals surface area (Å²) in [7, 11) is 0. The molecule has 0 saturated heterocycles. The van der Waals surface area contributed by atoms with Crippen LogP contribution in [0.2, 0.25) is 10.0 Å². The SMILES string of the molecule is O=C1C(=Nc2ccc(Cl)cc2)c2ccccc2N1Cc1ccc(Cl)cc1. The van der Waals surface area contributed by atoms with Crippen molar-refractivity contribution in [2.45, 2.75) is 6.54 Å². The number of benzene rings is 3. The third-order valence-corrected chi connectivity index (χ3v) is 4.72. The van der Waals surface area contributed by atoms with E-state index < -0.39 is 0 Å². The molecule has 1 amide bonds. The molecule has 1 heterocycles. The van der Waals surface area contributed by atoms with E-state index in [1.54, 1.807) is 29.2 Å². The van der Waals surface area contributed by atoms with Crippen molar-refractivity contribution in [3.63, 3.8) is 0 Å². The molecule has 0 saturated carbocycles. The van der Waals surface area contributed by atoms with Crippen LogP contribution < -0.4 is 4.90 Å². The van der Waals surface area contributed by atoms with Gasteiger partial charge in [0.05, 0.1) is 17.9 Å². The quantitative estimate of drug-likeness (QED) is 0.576. The Morgan fingerprint density at radius 3 is 2.12 bits per heavy atom. The first-order valence-electron chi connectivity index (χ1n) is 8.12. The average molecular weight is 381 g/mol. The summed E-state index contributed by atoms with van der Waals surface area (Å²) in [4.78, 5) is 19.4. The predicted molar refractivity (Wildman–Crippen MR) is 107 cm³/mol. The molecule has 0 unspecified atom stereocenters. The van der Waals surface area contributed by atoms with Gasteiger partial charge >= 0.3 is 0 Å². The van der Waals surface area contributed by atoms with E-state index in [4.69, 9.17) is 23.2 Å². The molecule has 3 aromatic rings. The lowest BCUT2D eigenvalue weighted by Gasteiger charge is -2.16. The van der Waals surface area contributed by atoms with Crippen LogP contribution in [0.3, 0.4) is 0 Å². The lowest BCUT2D eigenvalue weighted by atomic mass is 10.1. The van der Waals surface area contributed by atoms with E-state index in [0.717, 1.165) is 16.8 Å². The molecule has 0 bridgehead atoms. The molecule has 4 rings (SSSR count). The van der Waals surface area contributed by atoms with Crippen LogP contribution in [0.4, 0.5) is 11.4 Å². The number of anilines is 1. The summed E-state index contributed by atoms with van der Waals surface area (Å²) in [6.07, 6.45) is 0. The number of hydrogen-bond donors (Lipinski definition) is 0. The summed E-state index contributed by atoms with van der Waals surface area (Å²) in [5.41, 5.74) is 3.84. The van der Waals surface area contributed by atoms with Gasteiger partial charge in [-0.05, 0) is 48.0 Å². The van der Waals surface area contributed by atoms with E-state index in [1.807, 2.05) is 48.5 Å². The van der Waals surface area contributed by atoms with Crippen LogP contribution in [-0.2, 0) is 11.3 Å². The highest BCUT2D eigenvalue weighted by atomic mass is 35.5. The Morgan fingerprint density at radius 2 is 1.42 bits per heavy atom. The number of fused-ring (bicyclic) bond motifs is 1. The van der Waals surface area contributed by atoms with E-state index in [9.17, 15) is 4.79 Å². The smallest absolute Gasteiger partial charge is 0.277 e. The fraction of sp³-hybridized carbons (Fsp3) is 0.0476. The number of carbonyl (C=O) groups excluding carboxylic acids is 1. The van der Waals surface area contributed by atoms with E-state index >= 15 is 0 Å². The highest BCUT2D eigenvalue weighted by Gasteiger charge is 2.33. The second kappa shape index (κ2) is 6.94. The summed E-state index contributed by atoms with van der Waals surface area (Å²) < 4.78 is 0. The van der Waals surface area contributed by atoms with Gasteiger partial charge in [-0.15, -0.1) is 0 Å². The Labute approximate surface area is 161 Å². The van der Waals surface area contributed by atoms with Crippen LogP contribution in [0.5, 0.6) is 0 Å². The number of para-hydroxylation sites is 1. The monoisotopic (exact) mass is 380 g/mol. The molecule has 26 heavy (non-hydrogen) atoms. The van der Waals surface area contributed by atoms with Gasteiger partial charge in [0.15, 0.2) is 0 Å². The van der Waals surface area contributed by atoms with Gasteiger partial charge in [0, 0.05) is 15.6 Å². The van der Waals surface area contributed by atoms with Crippen LogP contribution in [0.25, 0.3) is 0 Å². The van der Waals surface area contributed by atoms with Crippen molar-refractivity contribution in [1.29, 1.82) is 0 Å². The Morgan fingerprint density at radius 1 is 0.808 bits per heavy atom. The van der Waals surface area contributed by atoms with Crippen LogP contribution >= 0.6 is 23.2 Å². The van der Waals surface area contributed by atoms with Gasteiger partial charge in [-0.25, -0.2) is 4.99 Å². The number of aliphatic imine (C=N–C) groups is 1. The van der Waals surface area contributed by atoms with Gasteiger partial charge in [-0.1, -0.05) is 53.5 Å². The van der Waals surface area contributed by atoms with E-state index in [2.05, 4.69) is 4.99 Å². The van der Waals surface area contributed by atoms with Crippen molar-refractivity contribution >= 4 is 46.2 Å². The molecule has 0 aromatic heterocycles. The molecule has 3 aromatic carbocycles. The zero-order valence-corrected chi connectivity index (χ0v) is 15.2. The molecule has 128 valence electrons. The number of nitrogens with zero attached hydrogens (tertiary/aromatic N) is 2. The van der Waals surface area contributed by atoms with Crippen LogP contribution in [0, 0.1) is 0 Å². The Hall–Kier alpha value is -2.62. The minimum atomic E-state index is -0.115. The summed E-state index contributed by atoms with van der Waals surface area (Å²) in [6.45, 7) is 0.465. The Bertz CT molecular complexity index is 995. The Kier molecular flexibility index (Phi) is 4.49. The molecule has 3 nitrogen and oxygen atoms in total. The largest absolute Gasteiger partial charge is 0.302 e. The maximum atomic E-state index is 13.0. The van der Waals surface area contributed by atoms with Gasteiger partial charge in [-0.3, -0.25) is 4.79 Å². The molecular formula is C21H14Cl2N2O. The second-order valence-electron chi connectivity index (χ2n) is 5.97. The number of amides is 1. The zero-order valence-electron chi connectivity index (χ0n) is 13.7. The second-order valence-corrected chi connectivity index (χ2v) is 6.84. The number of carbonyl (C=O) groups is 1. The van der Waals surface area contributed by atoms with Crippen molar-refractivity contribution in [2.75, 3.05) is 4.90 Å². The topological polar surface area (TPSA) is 32.7 Å². The van der Waals surface area contributed by atoms with Crippen molar-refractivity contribution < 1.29 is 4.79 Å². The average Bonchev–Trinajstić information content (AvgIpc) is 2.91. The maximum Gasteiger partial charge on any atom is 0.277 e. The normalized spacial score (nSPS) is 14.8. The summed E-state index contributed by atoms with van der Waals surface area (Å²) in [6, 6.07) is 22.3. The number of rotatable bonds is 3. The van der Waals surface area contributed by atoms with Gasteiger partial charge < -0.3 is 4.90 Å². The van der Waals surface area contributed by atoms with Crippen molar-refractivity contribution in [1.82, 2.24) is 0 Å². The van der Waals surface area contributed by atoms with E-state index in [0.29, 0.717) is 28.0 Å². The highest BCUT2D eigenvalue weighted by molar-refractivity contribution is 6.54. The molecule has 0 radical (unpaired) electrons. The minimum Gasteiger partial charge on any atom is -0.302 e. The van der Waals surface area contributed by atoms with Gasteiger partial charge in [0.25, 0.3) is 5.91 Å². The first kappa shape index (κ1) is 16.8. The van der Waals surface area contributed by atoms with Crippen LogP contribution in [-0.4, -0.2) is 11.6 Å². The summed E-state index contributed by atoms with van der Waals surface area (Å²) in [5.74, 6) is -0.115. The fourth-order valence-corrected chi connectivity index (χ4v) is 3.20. The lowest BCUT2D eigenvalue weighted by molar-refractivity contribution is -0.112. The fourth-order valence-electron chi connectivity index (χ4n) is 2.94. The first-order chi connectivity index (χ1) is 12.6. The molecule has 1 aliphatic heterocycles. The van der Waals surface area contributed by atoms with Crippen molar-refractivity contribution in [2.24, 2.45) is 4.99 Å². The van der Waals surface area contributed by atoms with E-state index in [1.165, 1.54) is 0 Å².